The molecule has 0 aromatic carbocycles. The Morgan fingerprint density at radius 2 is 2.00 bits per heavy atom. The van der Waals surface area contributed by atoms with E-state index in [-0.39, 0.29) is 17.1 Å². The fourth-order valence-electron chi connectivity index (χ4n) is 0.740. The van der Waals surface area contributed by atoms with Crippen LogP contribution in [0.4, 0.5) is 0 Å². The molecule has 1 heterocycles. The van der Waals surface area contributed by atoms with Crippen LogP contribution in [0.2, 0.25) is 0 Å². The second kappa shape index (κ2) is 2.46. The van der Waals surface area contributed by atoms with Crippen molar-refractivity contribution in [3.63, 3.8) is 0 Å². The van der Waals surface area contributed by atoms with E-state index in [1.54, 1.807) is 0 Å². The quantitative estimate of drug-likeness (QED) is 0.588. The molecule has 0 fully saturated rings. The summed E-state index contributed by atoms with van der Waals surface area (Å²) in [5.41, 5.74) is 0. The normalized spacial score (nSPS) is 23.2. The van der Waals surface area contributed by atoms with E-state index in [0.717, 1.165) is 5.41 Å². The summed E-state index contributed by atoms with van der Waals surface area (Å²) < 4.78 is 42.5. The van der Waals surface area contributed by atoms with Gasteiger partial charge in [0.2, 0.25) is 0 Å². The van der Waals surface area contributed by atoms with Crippen LogP contribution in [0.5, 0.6) is 0 Å². The van der Waals surface area contributed by atoms with Gasteiger partial charge in [0.25, 0.3) is 9.05 Å². The summed E-state index contributed by atoms with van der Waals surface area (Å²) >= 11 is 0. The third-order valence-corrected chi connectivity index (χ3v) is 4.37. The summed E-state index contributed by atoms with van der Waals surface area (Å²) in [5, 5.41) is 0.718. The summed E-state index contributed by atoms with van der Waals surface area (Å²) in [5.74, 6) is -0.158. The van der Waals surface area contributed by atoms with Gasteiger partial charge in [-0.1, -0.05) is 0 Å². The molecule has 0 unspecified atom stereocenters. The van der Waals surface area contributed by atoms with E-state index < -0.39 is 18.9 Å². The van der Waals surface area contributed by atoms with Crippen LogP contribution in [-0.2, 0) is 18.9 Å². The van der Waals surface area contributed by atoms with E-state index >= 15 is 0 Å². The lowest BCUT2D eigenvalue weighted by Crippen LogP contribution is -1.93. The first-order valence-electron chi connectivity index (χ1n) is 2.69. The number of allylic oxidation sites excluding steroid dienone is 1. The lowest BCUT2D eigenvalue weighted by atomic mass is 10.5. The summed E-state index contributed by atoms with van der Waals surface area (Å²) in [6, 6.07) is 0. The molecule has 0 aromatic heterocycles. The lowest BCUT2D eigenvalue weighted by molar-refractivity contribution is 0.606. The van der Waals surface area contributed by atoms with Gasteiger partial charge in [-0.05, 0) is 6.42 Å². The van der Waals surface area contributed by atoms with E-state index in [2.05, 4.69) is 0 Å². The molecule has 0 atom stereocenters. The minimum absolute atomic E-state index is 0.00579. The third-order valence-electron chi connectivity index (χ3n) is 1.26. The molecule has 0 N–H and O–H groups in total. The summed E-state index contributed by atoms with van der Waals surface area (Å²) in [4.78, 5) is -0.209. The van der Waals surface area contributed by atoms with Gasteiger partial charge >= 0.3 is 0 Å². The molecule has 1 aliphatic rings. The van der Waals surface area contributed by atoms with Crippen molar-refractivity contribution in [2.75, 3.05) is 5.75 Å². The summed E-state index contributed by atoms with van der Waals surface area (Å²) in [6.45, 7) is 0. The van der Waals surface area contributed by atoms with Gasteiger partial charge in [0.05, 0.1) is 10.7 Å². The Morgan fingerprint density at radius 1 is 1.45 bits per heavy atom. The van der Waals surface area contributed by atoms with Crippen molar-refractivity contribution in [2.45, 2.75) is 6.42 Å². The molecular weight excluding hydrogens is 212 g/mol. The minimum atomic E-state index is -3.82. The maximum atomic E-state index is 10.7. The van der Waals surface area contributed by atoms with Crippen LogP contribution in [0, 0.1) is 0 Å². The monoisotopic (exact) mass is 216 g/mol. The maximum Gasteiger partial charge on any atom is 0.258 e. The molecule has 1 aliphatic heterocycles. The maximum absolute atomic E-state index is 10.7. The zero-order valence-electron chi connectivity index (χ0n) is 5.32. The van der Waals surface area contributed by atoms with Crippen molar-refractivity contribution in [3.05, 3.63) is 10.3 Å². The highest BCUT2D eigenvalue weighted by Crippen LogP contribution is 2.24. The van der Waals surface area contributed by atoms with Gasteiger partial charge in [0, 0.05) is 16.1 Å². The van der Waals surface area contributed by atoms with Crippen LogP contribution >= 0.6 is 10.7 Å². The predicted molar refractivity (Wildman–Crippen MR) is 41.3 cm³/mol. The third kappa shape index (κ3) is 2.18. The first-order chi connectivity index (χ1) is 4.81. The first kappa shape index (κ1) is 9.02. The Balaban J connectivity index is 3.17. The largest absolute Gasteiger partial charge is 0.258 e. The van der Waals surface area contributed by atoms with Crippen molar-refractivity contribution in [3.8, 4) is 0 Å². The van der Waals surface area contributed by atoms with E-state index in [1.165, 1.54) is 0 Å². The molecule has 7 heteroatoms. The lowest BCUT2D eigenvalue weighted by Gasteiger charge is -1.89. The number of rotatable bonds is 1. The Bertz CT molecular complexity index is 388. The van der Waals surface area contributed by atoms with Gasteiger partial charge in [-0.15, -0.1) is 0 Å². The first-order valence-corrected chi connectivity index (χ1v) is 6.72. The number of hydrogen-bond acceptors (Lipinski definition) is 4. The molecule has 0 radical (unpaired) electrons. The van der Waals surface area contributed by atoms with Crippen molar-refractivity contribution in [1.29, 1.82) is 0 Å². The molecule has 0 spiro atoms. The summed E-state index contributed by atoms with van der Waals surface area (Å²) in [7, 11) is -2.22. The highest BCUT2D eigenvalue weighted by molar-refractivity contribution is 8.17. The predicted octanol–water partition coefficient (Wildman–Crippen LogP) is 0.215. The molecule has 4 nitrogen and oxygen atoms in total. The molecule has 11 heavy (non-hydrogen) atoms. The average molecular weight is 217 g/mol. The summed E-state index contributed by atoms with van der Waals surface area (Å²) in [6.07, 6.45) is -0.00579. The van der Waals surface area contributed by atoms with Crippen LogP contribution in [0.1, 0.15) is 6.42 Å². The van der Waals surface area contributed by atoms with Gasteiger partial charge in [0.15, 0.2) is 9.84 Å². The SMILES string of the molecule is O=S1(=O)C=C(S(=O)(=O)Cl)CC1. The molecule has 0 saturated heterocycles. The van der Waals surface area contributed by atoms with Crippen molar-refractivity contribution < 1.29 is 16.8 Å². The van der Waals surface area contributed by atoms with E-state index in [4.69, 9.17) is 10.7 Å². The molecule has 1 rings (SSSR count). The number of sulfone groups is 1. The van der Waals surface area contributed by atoms with Crippen molar-refractivity contribution in [2.24, 2.45) is 0 Å². The highest BCUT2D eigenvalue weighted by Gasteiger charge is 2.26. The van der Waals surface area contributed by atoms with Gasteiger partial charge < -0.3 is 0 Å². The molecule has 0 aromatic rings. The van der Waals surface area contributed by atoms with E-state index in [9.17, 15) is 16.8 Å². The van der Waals surface area contributed by atoms with Crippen LogP contribution in [0.3, 0.4) is 0 Å². The van der Waals surface area contributed by atoms with Crippen LogP contribution in [0.15, 0.2) is 10.3 Å². The molecule has 0 aliphatic carbocycles. The van der Waals surface area contributed by atoms with Crippen LogP contribution in [0.25, 0.3) is 0 Å². The van der Waals surface area contributed by atoms with Crippen LogP contribution in [-0.4, -0.2) is 22.6 Å². The average Bonchev–Trinajstić information content (AvgIpc) is 2.07. The molecular formula is C4H5ClO4S2. The second-order valence-corrected chi connectivity index (χ2v) is 6.73. The fourth-order valence-corrected chi connectivity index (χ4v) is 3.81. The minimum Gasteiger partial charge on any atom is -0.224 e. The van der Waals surface area contributed by atoms with Gasteiger partial charge in [-0.25, -0.2) is 16.8 Å². The van der Waals surface area contributed by atoms with Crippen molar-refractivity contribution in [1.82, 2.24) is 0 Å². The van der Waals surface area contributed by atoms with Gasteiger partial charge in [-0.3, -0.25) is 0 Å². The Kier molecular flexibility index (Phi) is 2.02. The molecule has 0 bridgehead atoms. The molecule has 64 valence electrons. The Hall–Kier alpha value is -0.0700. The second-order valence-electron chi connectivity index (χ2n) is 2.14. The Labute approximate surface area is 69.2 Å². The van der Waals surface area contributed by atoms with E-state index in [1.807, 2.05) is 0 Å². The molecule has 0 amide bonds. The zero-order chi connectivity index (χ0) is 8.70. The van der Waals surface area contributed by atoms with Gasteiger partial charge in [0.1, 0.15) is 0 Å². The molecule has 0 saturated carbocycles. The topological polar surface area (TPSA) is 68.3 Å². The number of halogens is 1. The standard InChI is InChI=1S/C4H5ClO4S2/c5-11(8,9)4-1-2-10(6,7)3-4/h3H,1-2H2. The Morgan fingerprint density at radius 3 is 2.18 bits per heavy atom. The van der Waals surface area contributed by atoms with Gasteiger partial charge in [-0.2, -0.15) is 0 Å². The van der Waals surface area contributed by atoms with Crippen LogP contribution < -0.4 is 0 Å². The smallest absolute Gasteiger partial charge is 0.224 e. The van der Waals surface area contributed by atoms with Crippen molar-refractivity contribution >= 4 is 29.6 Å². The fraction of sp³-hybridized carbons (Fsp3) is 0.500. The highest BCUT2D eigenvalue weighted by atomic mass is 35.7. The van der Waals surface area contributed by atoms with E-state index in [0.29, 0.717) is 0 Å². The zero-order valence-corrected chi connectivity index (χ0v) is 7.71. The number of hydrogen-bond donors (Lipinski definition) is 0.